The van der Waals surface area contributed by atoms with Crippen molar-refractivity contribution in [2.45, 2.75) is 0 Å². The summed E-state index contributed by atoms with van der Waals surface area (Å²) in [4.78, 5) is 4.12. The van der Waals surface area contributed by atoms with E-state index in [9.17, 15) is 0 Å². The van der Waals surface area contributed by atoms with Gasteiger partial charge in [0.1, 0.15) is 7.85 Å². The van der Waals surface area contributed by atoms with Gasteiger partial charge in [0.15, 0.2) is 0 Å². The second kappa shape index (κ2) is 2.09. The Morgan fingerprint density at radius 1 is 1.40 bits per heavy atom. The summed E-state index contributed by atoms with van der Waals surface area (Å²) in [5, 5.41) is 0. The first-order chi connectivity index (χ1) is 4.86. The molecule has 0 aliphatic rings. The maximum atomic E-state index is 5.56. The molecule has 1 heterocycles. The summed E-state index contributed by atoms with van der Waals surface area (Å²) in [6.45, 7) is 0. The van der Waals surface area contributed by atoms with Crippen molar-refractivity contribution in [3.63, 3.8) is 0 Å². The lowest BCUT2D eigenvalue weighted by Gasteiger charge is -1.89. The van der Waals surface area contributed by atoms with Gasteiger partial charge in [-0.25, -0.2) is 4.98 Å². The molecule has 0 fully saturated rings. The van der Waals surface area contributed by atoms with Gasteiger partial charge < -0.3 is 0 Å². The predicted molar refractivity (Wildman–Crippen MR) is 45.0 cm³/mol. The van der Waals surface area contributed by atoms with Gasteiger partial charge in [-0.3, -0.25) is 0 Å². The van der Waals surface area contributed by atoms with E-state index in [2.05, 4.69) is 4.98 Å². The molecule has 1 nitrogen and oxygen atoms in total. The van der Waals surface area contributed by atoms with Gasteiger partial charge in [0.25, 0.3) is 0 Å². The van der Waals surface area contributed by atoms with Crippen molar-refractivity contribution >= 4 is 34.9 Å². The van der Waals surface area contributed by atoms with Crippen molar-refractivity contribution in [3.05, 3.63) is 23.7 Å². The lowest BCUT2D eigenvalue weighted by atomic mass is 9.97. The van der Waals surface area contributed by atoms with E-state index < -0.39 is 0 Å². The van der Waals surface area contributed by atoms with Crippen LogP contribution in [-0.2, 0) is 0 Å². The monoisotopic (exact) mass is 145 g/mol. The predicted octanol–water partition coefficient (Wildman–Crippen LogP) is 1.09. The SMILES string of the molecule is [B]c1ccc2ncsc2c1. The molecule has 0 bridgehead atoms. The van der Waals surface area contributed by atoms with Gasteiger partial charge in [-0.2, -0.15) is 0 Å². The van der Waals surface area contributed by atoms with Crippen LogP contribution in [0.15, 0.2) is 23.7 Å². The fourth-order valence-electron chi connectivity index (χ4n) is 0.872. The van der Waals surface area contributed by atoms with E-state index in [0.29, 0.717) is 0 Å². The minimum absolute atomic E-state index is 0.803. The molecule has 2 radical (unpaired) electrons. The Hall–Kier alpha value is -0.825. The molecule has 0 aliphatic carbocycles. The highest BCUT2D eigenvalue weighted by molar-refractivity contribution is 7.16. The fourth-order valence-corrected chi connectivity index (χ4v) is 1.60. The number of aromatic nitrogens is 1. The minimum Gasteiger partial charge on any atom is -0.245 e. The van der Waals surface area contributed by atoms with Crippen molar-refractivity contribution in [1.29, 1.82) is 0 Å². The van der Waals surface area contributed by atoms with Crippen LogP contribution in [0.1, 0.15) is 0 Å². The topological polar surface area (TPSA) is 12.9 Å². The van der Waals surface area contributed by atoms with Crippen LogP contribution < -0.4 is 5.46 Å². The molecule has 1 aromatic heterocycles. The number of fused-ring (bicyclic) bond motifs is 1. The highest BCUT2D eigenvalue weighted by Crippen LogP contribution is 2.14. The molecule has 2 aromatic rings. The van der Waals surface area contributed by atoms with Crippen LogP contribution in [0.2, 0.25) is 0 Å². The van der Waals surface area contributed by atoms with Crippen LogP contribution in [0.5, 0.6) is 0 Å². The first kappa shape index (κ1) is 5.92. The first-order valence-corrected chi connectivity index (χ1v) is 3.83. The number of hydrogen-bond acceptors (Lipinski definition) is 2. The fraction of sp³-hybridized carbons (Fsp3) is 0. The standard InChI is InChI=1S/C7H4BNS/c8-5-1-2-6-7(3-5)10-4-9-6/h1-4H. The minimum atomic E-state index is 0.803. The Morgan fingerprint density at radius 3 is 3.20 bits per heavy atom. The Morgan fingerprint density at radius 2 is 2.30 bits per heavy atom. The average Bonchev–Trinajstić information content (AvgIpc) is 2.33. The van der Waals surface area contributed by atoms with Crippen LogP contribution in [0.25, 0.3) is 10.2 Å². The number of benzene rings is 1. The van der Waals surface area contributed by atoms with Crippen molar-refractivity contribution in [2.75, 3.05) is 0 Å². The van der Waals surface area contributed by atoms with E-state index in [1.807, 2.05) is 23.7 Å². The lowest BCUT2D eigenvalue weighted by Crippen LogP contribution is -1.98. The molecular weight excluding hydrogens is 141 g/mol. The smallest absolute Gasteiger partial charge is 0.113 e. The Kier molecular flexibility index (Phi) is 1.24. The van der Waals surface area contributed by atoms with Gasteiger partial charge in [-0.15, -0.1) is 11.3 Å². The molecule has 2 rings (SSSR count). The second-order valence-corrected chi connectivity index (χ2v) is 2.97. The van der Waals surface area contributed by atoms with Gasteiger partial charge in [-0.05, 0) is 12.1 Å². The Balaban J connectivity index is 2.86. The maximum Gasteiger partial charge on any atom is 0.113 e. The van der Waals surface area contributed by atoms with Gasteiger partial charge in [0.2, 0.25) is 0 Å². The van der Waals surface area contributed by atoms with E-state index in [1.165, 1.54) is 0 Å². The number of thiazole rings is 1. The average molecular weight is 145 g/mol. The molecule has 0 saturated heterocycles. The van der Waals surface area contributed by atoms with Gasteiger partial charge in [0, 0.05) is 0 Å². The molecule has 0 amide bonds. The lowest BCUT2D eigenvalue weighted by molar-refractivity contribution is 1.50. The van der Waals surface area contributed by atoms with Gasteiger partial charge >= 0.3 is 0 Å². The third kappa shape index (κ3) is 0.828. The summed E-state index contributed by atoms with van der Waals surface area (Å²) >= 11 is 1.61. The molecule has 1 aromatic carbocycles. The molecule has 0 aliphatic heterocycles. The van der Waals surface area contributed by atoms with Crippen LogP contribution in [0.3, 0.4) is 0 Å². The zero-order valence-electron chi connectivity index (χ0n) is 5.24. The summed E-state index contributed by atoms with van der Waals surface area (Å²) in [6.07, 6.45) is 0. The van der Waals surface area contributed by atoms with Crippen molar-refractivity contribution in [1.82, 2.24) is 4.98 Å². The quantitative estimate of drug-likeness (QED) is 0.505. The van der Waals surface area contributed by atoms with Crippen molar-refractivity contribution in [3.8, 4) is 0 Å². The summed E-state index contributed by atoms with van der Waals surface area (Å²) < 4.78 is 1.15. The third-order valence-electron chi connectivity index (χ3n) is 1.36. The molecule has 0 spiro atoms. The molecule has 0 unspecified atom stereocenters. The maximum absolute atomic E-state index is 5.56. The van der Waals surface area contributed by atoms with E-state index in [0.717, 1.165) is 15.7 Å². The van der Waals surface area contributed by atoms with Crippen LogP contribution >= 0.6 is 11.3 Å². The largest absolute Gasteiger partial charge is 0.245 e. The normalized spacial score (nSPS) is 10.4. The second-order valence-electron chi connectivity index (χ2n) is 2.08. The number of hydrogen-bond donors (Lipinski definition) is 0. The van der Waals surface area contributed by atoms with Gasteiger partial charge in [-0.1, -0.05) is 11.5 Å². The summed E-state index contributed by atoms with van der Waals surface area (Å²) in [5.41, 5.74) is 3.65. The van der Waals surface area contributed by atoms with Crippen LogP contribution in [0, 0.1) is 0 Å². The van der Waals surface area contributed by atoms with Crippen molar-refractivity contribution in [2.24, 2.45) is 0 Å². The summed E-state index contributed by atoms with van der Waals surface area (Å²) in [7, 11) is 5.56. The third-order valence-corrected chi connectivity index (χ3v) is 2.15. The van der Waals surface area contributed by atoms with E-state index >= 15 is 0 Å². The molecule has 10 heavy (non-hydrogen) atoms. The molecule has 0 saturated carbocycles. The number of nitrogens with zero attached hydrogens (tertiary/aromatic N) is 1. The van der Waals surface area contributed by atoms with Crippen LogP contribution in [-0.4, -0.2) is 12.8 Å². The highest BCUT2D eigenvalue weighted by Gasteiger charge is 1.93. The molecule has 3 heteroatoms. The van der Waals surface area contributed by atoms with E-state index in [1.54, 1.807) is 11.3 Å². The van der Waals surface area contributed by atoms with Gasteiger partial charge in [0.05, 0.1) is 15.7 Å². The first-order valence-electron chi connectivity index (χ1n) is 2.95. The molecule has 0 N–H and O–H groups in total. The zero-order valence-corrected chi connectivity index (χ0v) is 6.06. The summed E-state index contributed by atoms with van der Waals surface area (Å²) in [6, 6.07) is 5.73. The number of rotatable bonds is 0. The highest BCUT2D eigenvalue weighted by atomic mass is 32.1. The molecular formula is C7H4BNS. The molecule has 46 valence electrons. The van der Waals surface area contributed by atoms with Crippen LogP contribution in [0.4, 0.5) is 0 Å². The summed E-state index contributed by atoms with van der Waals surface area (Å²) in [5.74, 6) is 0. The Labute approximate surface area is 64.1 Å². The molecule has 0 atom stereocenters. The zero-order chi connectivity index (χ0) is 6.97. The van der Waals surface area contributed by atoms with Crippen molar-refractivity contribution < 1.29 is 0 Å². The Bertz CT molecular complexity index is 355. The van der Waals surface area contributed by atoms with E-state index in [4.69, 9.17) is 7.85 Å². The van der Waals surface area contributed by atoms with E-state index in [-0.39, 0.29) is 0 Å².